The van der Waals surface area contributed by atoms with Crippen LogP contribution in [0.5, 0.6) is 0 Å². The zero-order chi connectivity index (χ0) is 12.3. The van der Waals surface area contributed by atoms with Gasteiger partial charge in [0, 0.05) is 13.6 Å². The van der Waals surface area contributed by atoms with Crippen molar-refractivity contribution in [2.24, 2.45) is 0 Å². The summed E-state index contributed by atoms with van der Waals surface area (Å²) in [5, 5.41) is 1.83. The Morgan fingerprint density at radius 3 is 2.59 bits per heavy atom. The zero-order valence-electron chi connectivity index (χ0n) is 9.59. The number of benzene rings is 1. The Labute approximate surface area is 104 Å². The minimum atomic E-state index is -0.0265. The summed E-state index contributed by atoms with van der Waals surface area (Å²) < 4.78 is 0. The van der Waals surface area contributed by atoms with Gasteiger partial charge in [-0.1, -0.05) is 30.3 Å². The van der Waals surface area contributed by atoms with Gasteiger partial charge in [0.1, 0.15) is 4.88 Å². The van der Waals surface area contributed by atoms with E-state index in [1.807, 2.05) is 35.7 Å². The molecule has 0 radical (unpaired) electrons. The van der Waals surface area contributed by atoms with E-state index in [0.717, 1.165) is 5.56 Å². The van der Waals surface area contributed by atoms with Gasteiger partial charge in [0.2, 0.25) is 0 Å². The van der Waals surface area contributed by atoms with Gasteiger partial charge in [0.05, 0.1) is 5.69 Å². The largest absolute Gasteiger partial charge is 0.397 e. The quantitative estimate of drug-likeness (QED) is 0.904. The molecule has 88 valence electrons. The topological polar surface area (TPSA) is 46.3 Å². The van der Waals surface area contributed by atoms with Crippen molar-refractivity contribution >= 4 is 22.9 Å². The number of carbonyl (C=O) groups is 1. The summed E-state index contributed by atoms with van der Waals surface area (Å²) in [4.78, 5) is 14.4. The lowest BCUT2D eigenvalue weighted by Gasteiger charge is -2.16. The van der Waals surface area contributed by atoms with E-state index in [9.17, 15) is 4.79 Å². The number of hydrogen-bond donors (Lipinski definition) is 1. The molecule has 0 saturated carbocycles. The van der Waals surface area contributed by atoms with Crippen molar-refractivity contribution in [3.63, 3.8) is 0 Å². The summed E-state index contributed by atoms with van der Waals surface area (Å²) in [5.41, 5.74) is 7.40. The lowest BCUT2D eigenvalue weighted by Crippen LogP contribution is -2.26. The highest BCUT2D eigenvalue weighted by molar-refractivity contribution is 7.12. The maximum atomic E-state index is 12.1. The van der Waals surface area contributed by atoms with E-state index in [-0.39, 0.29) is 5.91 Å². The minimum Gasteiger partial charge on any atom is -0.397 e. The number of carbonyl (C=O) groups excluding carboxylic acids is 1. The van der Waals surface area contributed by atoms with Gasteiger partial charge in [0.25, 0.3) is 5.91 Å². The van der Waals surface area contributed by atoms with E-state index in [1.165, 1.54) is 11.3 Å². The third-order valence-corrected chi connectivity index (χ3v) is 3.42. The summed E-state index contributed by atoms with van der Waals surface area (Å²) in [6, 6.07) is 11.7. The lowest BCUT2D eigenvalue weighted by atomic mass is 10.2. The Kier molecular flexibility index (Phi) is 3.44. The summed E-state index contributed by atoms with van der Waals surface area (Å²) in [5.74, 6) is -0.0265. The molecule has 1 aromatic heterocycles. The maximum Gasteiger partial charge on any atom is 0.266 e. The lowest BCUT2D eigenvalue weighted by molar-refractivity contribution is 0.0791. The molecule has 1 heterocycles. The molecule has 17 heavy (non-hydrogen) atoms. The third kappa shape index (κ3) is 2.65. The summed E-state index contributed by atoms with van der Waals surface area (Å²) in [6.07, 6.45) is 0. The number of nitrogen functional groups attached to an aromatic ring is 1. The molecule has 0 aliphatic heterocycles. The monoisotopic (exact) mass is 246 g/mol. The standard InChI is InChI=1S/C13H14N2OS/c1-15(9-10-5-3-2-4-6-10)13(16)12-11(14)7-8-17-12/h2-8H,9,14H2,1H3. The molecule has 0 aliphatic rings. The summed E-state index contributed by atoms with van der Waals surface area (Å²) in [6.45, 7) is 0.594. The third-order valence-electron chi connectivity index (χ3n) is 2.50. The van der Waals surface area contributed by atoms with Crippen molar-refractivity contribution in [2.75, 3.05) is 12.8 Å². The normalized spacial score (nSPS) is 10.2. The molecule has 0 saturated heterocycles. The first-order valence-electron chi connectivity index (χ1n) is 5.31. The first kappa shape index (κ1) is 11.7. The van der Waals surface area contributed by atoms with Gasteiger partial charge in [-0.2, -0.15) is 0 Å². The fourth-order valence-electron chi connectivity index (χ4n) is 1.60. The SMILES string of the molecule is CN(Cc1ccccc1)C(=O)c1sccc1N. The smallest absolute Gasteiger partial charge is 0.266 e. The predicted molar refractivity (Wildman–Crippen MR) is 71.0 cm³/mol. The van der Waals surface area contributed by atoms with Crippen LogP contribution in [0, 0.1) is 0 Å². The highest BCUT2D eigenvalue weighted by atomic mass is 32.1. The number of hydrogen-bond acceptors (Lipinski definition) is 3. The molecule has 2 aromatic rings. The van der Waals surface area contributed by atoms with E-state index < -0.39 is 0 Å². The van der Waals surface area contributed by atoms with Crippen LogP contribution in [0.2, 0.25) is 0 Å². The van der Waals surface area contributed by atoms with E-state index >= 15 is 0 Å². The Morgan fingerprint density at radius 1 is 1.29 bits per heavy atom. The fraction of sp³-hybridized carbons (Fsp3) is 0.154. The molecule has 4 heteroatoms. The van der Waals surface area contributed by atoms with E-state index in [2.05, 4.69) is 0 Å². The van der Waals surface area contributed by atoms with Crippen LogP contribution in [0.1, 0.15) is 15.2 Å². The number of amides is 1. The summed E-state index contributed by atoms with van der Waals surface area (Å²) in [7, 11) is 1.79. The van der Waals surface area contributed by atoms with Crippen LogP contribution >= 0.6 is 11.3 Å². The first-order chi connectivity index (χ1) is 8.18. The second-order valence-corrected chi connectivity index (χ2v) is 4.77. The van der Waals surface area contributed by atoms with Gasteiger partial charge in [-0.15, -0.1) is 11.3 Å². The van der Waals surface area contributed by atoms with E-state index in [1.54, 1.807) is 18.0 Å². The average molecular weight is 246 g/mol. The van der Waals surface area contributed by atoms with Crippen LogP contribution in [0.4, 0.5) is 5.69 Å². The molecule has 2 N–H and O–H groups in total. The van der Waals surface area contributed by atoms with Crippen molar-refractivity contribution in [3.05, 3.63) is 52.2 Å². The van der Waals surface area contributed by atoms with Crippen LogP contribution < -0.4 is 5.73 Å². The molecule has 3 nitrogen and oxygen atoms in total. The molecule has 0 aliphatic carbocycles. The van der Waals surface area contributed by atoms with Crippen molar-refractivity contribution in [3.8, 4) is 0 Å². The number of rotatable bonds is 3. The van der Waals surface area contributed by atoms with Gasteiger partial charge >= 0.3 is 0 Å². The molecular weight excluding hydrogens is 232 g/mol. The van der Waals surface area contributed by atoms with Gasteiger partial charge in [0.15, 0.2) is 0 Å². The Bertz CT molecular complexity index is 507. The van der Waals surface area contributed by atoms with Crippen LogP contribution in [-0.4, -0.2) is 17.9 Å². The van der Waals surface area contributed by atoms with Crippen molar-refractivity contribution in [2.45, 2.75) is 6.54 Å². The number of nitrogens with two attached hydrogens (primary N) is 1. The maximum absolute atomic E-state index is 12.1. The highest BCUT2D eigenvalue weighted by Gasteiger charge is 2.15. The first-order valence-corrected chi connectivity index (χ1v) is 6.19. The van der Waals surface area contributed by atoms with E-state index in [4.69, 9.17) is 5.73 Å². The molecule has 0 fully saturated rings. The Balaban J connectivity index is 2.09. The second kappa shape index (κ2) is 5.01. The average Bonchev–Trinajstić information content (AvgIpc) is 2.76. The molecule has 0 bridgehead atoms. The Morgan fingerprint density at radius 2 is 2.00 bits per heavy atom. The molecule has 1 amide bonds. The second-order valence-electron chi connectivity index (χ2n) is 3.85. The van der Waals surface area contributed by atoms with Crippen LogP contribution in [0.15, 0.2) is 41.8 Å². The number of anilines is 1. The molecule has 0 unspecified atom stereocenters. The van der Waals surface area contributed by atoms with Crippen LogP contribution in [0.25, 0.3) is 0 Å². The highest BCUT2D eigenvalue weighted by Crippen LogP contribution is 2.21. The van der Waals surface area contributed by atoms with Crippen LogP contribution in [-0.2, 0) is 6.54 Å². The van der Waals surface area contributed by atoms with Crippen molar-refractivity contribution in [1.82, 2.24) is 4.90 Å². The van der Waals surface area contributed by atoms with Crippen molar-refractivity contribution < 1.29 is 4.79 Å². The molecule has 0 spiro atoms. The molecule has 2 rings (SSSR count). The Hall–Kier alpha value is -1.81. The minimum absolute atomic E-state index is 0.0265. The number of nitrogens with zero attached hydrogens (tertiary/aromatic N) is 1. The molecule has 0 atom stereocenters. The van der Waals surface area contributed by atoms with Gasteiger partial charge in [-0.3, -0.25) is 4.79 Å². The zero-order valence-corrected chi connectivity index (χ0v) is 10.4. The van der Waals surface area contributed by atoms with E-state index in [0.29, 0.717) is 17.1 Å². The van der Waals surface area contributed by atoms with Crippen molar-refractivity contribution in [1.29, 1.82) is 0 Å². The molecular formula is C13H14N2OS. The number of thiophene rings is 1. The molecule has 1 aromatic carbocycles. The fourth-order valence-corrected chi connectivity index (χ4v) is 2.41. The van der Waals surface area contributed by atoms with Gasteiger partial charge < -0.3 is 10.6 Å². The summed E-state index contributed by atoms with van der Waals surface area (Å²) >= 11 is 1.38. The van der Waals surface area contributed by atoms with Gasteiger partial charge in [-0.05, 0) is 17.0 Å². The van der Waals surface area contributed by atoms with Gasteiger partial charge in [-0.25, -0.2) is 0 Å². The predicted octanol–water partition coefficient (Wildman–Crippen LogP) is 2.60. The van der Waals surface area contributed by atoms with Crippen LogP contribution in [0.3, 0.4) is 0 Å².